The summed E-state index contributed by atoms with van der Waals surface area (Å²) in [6.45, 7) is 22.6. The van der Waals surface area contributed by atoms with Crippen molar-refractivity contribution in [1.82, 2.24) is 0 Å². The smallest absolute Gasteiger partial charge is 0.333 e. The Kier molecular flexibility index (Phi) is 8.36. The van der Waals surface area contributed by atoms with Crippen LogP contribution in [0.25, 0.3) is 44.2 Å². The fraction of sp³-hybridized carbons (Fsp3) is 0.365. The third-order valence-corrected chi connectivity index (χ3v) is 18.8. The van der Waals surface area contributed by atoms with Gasteiger partial charge in [0.2, 0.25) is 0 Å². The van der Waals surface area contributed by atoms with E-state index >= 15 is 0 Å². The van der Waals surface area contributed by atoms with Gasteiger partial charge in [-0.3, -0.25) is 0 Å². The molecule has 3 heterocycles. The van der Waals surface area contributed by atoms with Gasteiger partial charge < -0.3 is 9.71 Å². The minimum atomic E-state index is -0.229. The Balaban J connectivity index is 1.18. The van der Waals surface area contributed by atoms with Crippen molar-refractivity contribution >= 4 is 51.3 Å². The van der Waals surface area contributed by atoms with Crippen LogP contribution in [0, 0.1) is 0 Å². The maximum atomic E-state index is 2.94. The van der Waals surface area contributed by atoms with E-state index < -0.39 is 0 Å². The van der Waals surface area contributed by atoms with Crippen LogP contribution in [0.2, 0.25) is 0 Å². The molecule has 0 amide bonds. The van der Waals surface area contributed by atoms with Crippen molar-refractivity contribution in [3.8, 4) is 33.4 Å². The molecule has 0 N–H and O–H groups in total. The first-order chi connectivity index (χ1) is 31.7. The summed E-state index contributed by atoms with van der Waals surface area (Å²) in [6.07, 6.45) is 10.8. The van der Waals surface area contributed by atoms with Crippen molar-refractivity contribution in [1.29, 1.82) is 0 Å². The largest absolute Gasteiger partial charge is 0.376 e. The van der Waals surface area contributed by atoms with Gasteiger partial charge in [-0.15, -0.1) is 0 Å². The van der Waals surface area contributed by atoms with E-state index in [0.717, 1.165) is 6.42 Å². The molecule has 330 valence electrons. The lowest BCUT2D eigenvalue weighted by Crippen LogP contribution is -2.64. The summed E-state index contributed by atoms with van der Waals surface area (Å²) < 4.78 is 0. The number of para-hydroxylation sites is 1. The second kappa shape index (κ2) is 13.6. The van der Waals surface area contributed by atoms with Crippen molar-refractivity contribution in [2.75, 3.05) is 9.71 Å². The first-order valence-corrected chi connectivity index (χ1v) is 25.5. The van der Waals surface area contributed by atoms with Crippen LogP contribution in [0.4, 0.5) is 22.7 Å². The third-order valence-electron chi connectivity index (χ3n) is 18.8. The van der Waals surface area contributed by atoms with Crippen LogP contribution < -0.4 is 20.6 Å². The van der Waals surface area contributed by atoms with E-state index in [1.165, 1.54) is 146 Å². The molecule has 0 aromatic heterocycles. The maximum absolute atomic E-state index is 2.94. The highest BCUT2D eigenvalue weighted by molar-refractivity contribution is 6.94. The van der Waals surface area contributed by atoms with Crippen LogP contribution in [0.5, 0.6) is 0 Å². The molecular formula is C63H65BN2. The van der Waals surface area contributed by atoms with Crippen LogP contribution in [0.3, 0.4) is 0 Å². The second-order valence-corrected chi connectivity index (χ2v) is 23.6. The normalized spacial score (nSPS) is 22.8. The predicted octanol–water partition coefficient (Wildman–Crippen LogP) is 15.5. The molecule has 3 heteroatoms. The third kappa shape index (κ3) is 5.11. The van der Waals surface area contributed by atoms with Crippen LogP contribution in [0.15, 0.2) is 121 Å². The average molecular weight is 861 g/mol. The number of aryl methyl sites for hydroxylation is 1. The maximum Gasteiger partial charge on any atom is 0.333 e. The Morgan fingerprint density at radius 3 is 2.08 bits per heavy atom. The zero-order chi connectivity index (χ0) is 45.3. The van der Waals surface area contributed by atoms with Gasteiger partial charge in [0.05, 0.1) is 5.54 Å². The van der Waals surface area contributed by atoms with Gasteiger partial charge in [0.25, 0.3) is 0 Å². The molecule has 7 aromatic rings. The molecule has 0 spiro atoms. The summed E-state index contributed by atoms with van der Waals surface area (Å²) in [5.41, 5.74) is 25.9. The SMILES string of the molecule is CCCCc1ccc(N2B3c4cccc5c4N(c4c3c(cc3ccccc43)-c3c2ccc2c3C(C)(C)c3cc4c(cc3-2)C(C)(C)CCC4(C)C)C2(C)CCCCC52C)c(-c2ccccc2)c1. The van der Waals surface area contributed by atoms with Crippen LogP contribution in [-0.4, -0.2) is 12.4 Å². The molecular weight excluding hydrogens is 796 g/mol. The molecule has 2 atom stereocenters. The van der Waals surface area contributed by atoms with Crippen LogP contribution in [-0.2, 0) is 28.1 Å². The van der Waals surface area contributed by atoms with Gasteiger partial charge in [-0.25, -0.2) is 0 Å². The molecule has 2 nitrogen and oxygen atoms in total. The highest BCUT2D eigenvalue weighted by Crippen LogP contribution is 2.65. The van der Waals surface area contributed by atoms with Crippen molar-refractivity contribution in [2.24, 2.45) is 0 Å². The minimum absolute atomic E-state index is 0.0199. The van der Waals surface area contributed by atoms with Crippen molar-refractivity contribution in [3.05, 3.63) is 155 Å². The van der Waals surface area contributed by atoms with Crippen LogP contribution >= 0.6 is 0 Å². The zero-order valence-corrected chi connectivity index (χ0v) is 40.9. The fourth-order valence-electron chi connectivity index (χ4n) is 14.9. The average Bonchev–Trinajstić information content (AvgIpc) is 3.68. The highest BCUT2D eigenvalue weighted by atomic mass is 15.3. The summed E-state index contributed by atoms with van der Waals surface area (Å²) in [4.78, 5) is 5.78. The topological polar surface area (TPSA) is 6.48 Å². The Morgan fingerprint density at radius 2 is 1.29 bits per heavy atom. The van der Waals surface area contributed by atoms with E-state index in [1.807, 2.05) is 0 Å². The molecule has 0 bridgehead atoms. The predicted molar refractivity (Wildman–Crippen MR) is 283 cm³/mol. The lowest BCUT2D eigenvalue weighted by molar-refractivity contribution is 0.195. The van der Waals surface area contributed by atoms with E-state index in [1.54, 1.807) is 16.7 Å². The van der Waals surface area contributed by atoms with E-state index in [0.29, 0.717) is 0 Å². The lowest BCUT2D eigenvalue weighted by atomic mass is 9.42. The molecule has 2 unspecified atom stereocenters. The summed E-state index contributed by atoms with van der Waals surface area (Å²) >= 11 is 0. The van der Waals surface area contributed by atoms with Crippen LogP contribution in [0.1, 0.15) is 147 Å². The molecule has 1 fully saturated rings. The first-order valence-electron chi connectivity index (χ1n) is 25.5. The molecule has 3 aliphatic carbocycles. The number of anilines is 4. The quantitative estimate of drug-likeness (QED) is 0.159. The Bertz CT molecular complexity index is 3230. The minimum Gasteiger partial charge on any atom is -0.376 e. The number of unbranched alkanes of at least 4 members (excludes halogenated alkanes) is 1. The Morgan fingerprint density at radius 1 is 0.561 bits per heavy atom. The summed E-state index contributed by atoms with van der Waals surface area (Å²) in [6, 6.07) is 48.6. The highest BCUT2D eigenvalue weighted by Gasteiger charge is 2.62. The molecule has 66 heavy (non-hydrogen) atoms. The van der Waals surface area contributed by atoms with Gasteiger partial charge in [0.15, 0.2) is 0 Å². The van der Waals surface area contributed by atoms with Gasteiger partial charge in [-0.05, 0) is 159 Å². The van der Waals surface area contributed by atoms with Crippen molar-refractivity contribution in [2.45, 2.75) is 147 Å². The van der Waals surface area contributed by atoms with Gasteiger partial charge >= 0.3 is 6.85 Å². The molecule has 13 rings (SSSR count). The Hall–Kier alpha value is -5.54. The summed E-state index contributed by atoms with van der Waals surface area (Å²) in [5, 5.41) is 2.72. The monoisotopic (exact) mass is 861 g/mol. The van der Waals surface area contributed by atoms with Crippen molar-refractivity contribution in [3.63, 3.8) is 0 Å². The van der Waals surface area contributed by atoms with E-state index in [9.17, 15) is 0 Å². The standard InChI is InChI=1S/C63H65BN2/c1-10-11-20-39-27-29-52(44(35-39)40-21-13-12-14-22-40)66-53-30-28-43-45-37-49-50(60(4,5)34-33-59(49,2)3)38-48(45)61(6,7)55(43)54(53)46-36-41-23-15-16-24-42(41)57-56(46)64(66)51-26-19-25-47-58(51)65(57)63(9)32-18-17-31-62(47,63)8/h12-16,19,21-30,35-38H,10-11,17-18,20,31-34H2,1-9H3. The lowest BCUT2D eigenvalue weighted by Gasteiger charge is -2.53. The van der Waals surface area contributed by atoms with Gasteiger partial charge in [0, 0.05) is 50.1 Å². The number of nitrogens with zero attached hydrogens (tertiary/aromatic N) is 2. The Labute approximate surface area is 394 Å². The fourth-order valence-corrected chi connectivity index (χ4v) is 14.9. The molecule has 7 aromatic carbocycles. The number of hydrogen-bond acceptors (Lipinski definition) is 2. The van der Waals surface area contributed by atoms with Gasteiger partial charge in [0.1, 0.15) is 0 Å². The number of benzene rings is 7. The number of hydrogen-bond donors (Lipinski definition) is 0. The number of fused-ring (bicyclic) bond motifs is 14. The molecule has 0 saturated heterocycles. The molecule has 1 saturated carbocycles. The van der Waals surface area contributed by atoms with Gasteiger partial charge in [-0.1, -0.05) is 166 Å². The molecule has 0 radical (unpaired) electrons. The van der Waals surface area contributed by atoms with E-state index in [4.69, 9.17) is 0 Å². The van der Waals surface area contributed by atoms with E-state index in [-0.39, 0.29) is 34.0 Å². The first kappa shape index (κ1) is 40.7. The molecule has 6 aliphatic rings. The van der Waals surface area contributed by atoms with Crippen molar-refractivity contribution < 1.29 is 0 Å². The molecule has 3 aliphatic heterocycles. The van der Waals surface area contributed by atoms with Gasteiger partial charge in [-0.2, -0.15) is 0 Å². The van der Waals surface area contributed by atoms with E-state index in [2.05, 4.69) is 193 Å². The zero-order valence-electron chi connectivity index (χ0n) is 40.9. The summed E-state index contributed by atoms with van der Waals surface area (Å²) in [5.74, 6) is 0. The second-order valence-electron chi connectivity index (χ2n) is 23.6. The summed E-state index contributed by atoms with van der Waals surface area (Å²) in [7, 11) is 0. The number of rotatable bonds is 5.